The molecule has 114 valence electrons. The van der Waals surface area contributed by atoms with Crippen molar-refractivity contribution < 1.29 is 14.5 Å². The lowest BCUT2D eigenvalue weighted by molar-refractivity contribution is -0.384. The Morgan fingerprint density at radius 2 is 1.90 bits per heavy atom. The van der Waals surface area contributed by atoms with Crippen LogP contribution in [0.5, 0.6) is 0 Å². The molecule has 7 nitrogen and oxygen atoms in total. The predicted molar refractivity (Wildman–Crippen MR) is 79.4 cm³/mol. The number of nitro benzene ring substituents is 1. The fourth-order valence-corrected chi connectivity index (χ4v) is 1.88. The van der Waals surface area contributed by atoms with E-state index in [1.165, 1.54) is 32.2 Å². The molecule has 0 saturated carbocycles. The highest BCUT2D eigenvalue weighted by molar-refractivity contribution is 5.95. The summed E-state index contributed by atoms with van der Waals surface area (Å²) in [6.07, 6.45) is 0. The van der Waals surface area contributed by atoms with Crippen LogP contribution >= 0.6 is 0 Å². The second-order valence-electron chi connectivity index (χ2n) is 5.03. The van der Waals surface area contributed by atoms with E-state index in [0.717, 1.165) is 0 Å². The van der Waals surface area contributed by atoms with Gasteiger partial charge in [-0.3, -0.25) is 19.7 Å². The zero-order valence-electron chi connectivity index (χ0n) is 12.5. The number of carbonyl (C=O) groups is 2. The van der Waals surface area contributed by atoms with Gasteiger partial charge in [0.2, 0.25) is 5.91 Å². The molecule has 0 aromatic heterocycles. The van der Waals surface area contributed by atoms with Gasteiger partial charge in [0.05, 0.1) is 4.92 Å². The molecular formula is C14H19N3O4. The second kappa shape index (κ2) is 6.83. The molecule has 0 bridgehead atoms. The van der Waals surface area contributed by atoms with Crippen LogP contribution in [-0.4, -0.2) is 29.7 Å². The molecule has 21 heavy (non-hydrogen) atoms. The first kappa shape index (κ1) is 16.6. The highest BCUT2D eigenvalue weighted by Crippen LogP contribution is 2.27. The van der Waals surface area contributed by atoms with E-state index in [0.29, 0.717) is 0 Å². The number of carbonyl (C=O) groups excluding carboxylic acids is 2. The lowest BCUT2D eigenvalue weighted by atomic mass is 10.0. The van der Waals surface area contributed by atoms with Crippen molar-refractivity contribution in [2.24, 2.45) is 5.92 Å². The highest BCUT2D eigenvalue weighted by Gasteiger charge is 2.25. The normalized spacial score (nSPS) is 11.9. The number of amides is 1. The zero-order valence-corrected chi connectivity index (χ0v) is 12.5. The SMILES string of the molecule is CNC(=O)C(Nc1ccc(C(C)=O)cc1[N+](=O)[O-])C(C)C. The van der Waals surface area contributed by atoms with E-state index < -0.39 is 11.0 Å². The minimum atomic E-state index is -0.600. The Morgan fingerprint density at radius 3 is 2.33 bits per heavy atom. The van der Waals surface area contributed by atoms with E-state index in [9.17, 15) is 19.7 Å². The minimum Gasteiger partial charge on any atom is -0.368 e. The van der Waals surface area contributed by atoms with E-state index in [1.54, 1.807) is 0 Å². The average Bonchev–Trinajstić information content (AvgIpc) is 2.43. The standard InChI is InChI=1S/C14H19N3O4/c1-8(2)13(14(19)15-4)16-11-6-5-10(9(3)18)7-12(11)17(20)21/h5-8,13,16H,1-4H3,(H,15,19). The fourth-order valence-electron chi connectivity index (χ4n) is 1.88. The van der Waals surface area contributed by atoms with Crippen LogP contribution in [0.2, 0.25) is 0 Å². The first-order chi connectivity index (χ1) is 9.77. The Balaban J connectivity index is 3.20. The summed E-state index contributed by atoms with van der Waals surface area (Å²) < 4.78 is 0. The number of anilines is 1. The third kappa shape index (κ3) is 4.01. The number of likely N-dealkylation sites (N-methyl/N-ethyl adjacent to an activating group) is 1. The molecule has 1 aromatic rings. The summed E-state index contributed by atoms with van der Waals surface area (Å²) in [5, 5.41) is 16.5. The molecule has 7 heteroatoms. The number of nitro groups is 1. The summed E-state index contributed by atoms with van der Waals surface area (Å²) in [6.45, 7) is 5.01. The van der Waals surface area contributed by atoms with Gasteiger partial charge in [0.15, 0.2) is 5.78 Å². The molecule has 0 aliphatic carbocycles. The molecule has 0 aliphatic heterocycles. The van der Waals surface area contributed by atoms with Crippen LogP contribution in [0.1, 0.15) is 31.1 Å². The van der Waals surface area contributed by atoms with Crippen molar-refractivity contribution in [3.05, 3.63) is 33.9 Å². The zero-order chi connectivity index (χ0) is 16.2. The minimum absolute atomic E-state index is 0.0583. The Morgan fingerprint density at radius 1 is 1.29 bits per heavy atom. The lowest BCUT2D eigenvalue weighted by Gasteiger charge is -2.21. The number of ketones is 1. The number of nitrogens with zero attached hydrogens (tertiary/aromatic N) is 1. The topological polar surface area (TPSA) is 101 Å². The van der Waals surface area contributed by atoms with Crippen LogP contribution in [-0.2, 0) is 4.79 Å². The maximum absolute atomic E-state index is 11.8. The third-order valence-electron chi connectivity index (χ3n) is 3.11. The number of hydrogen-bond donors (Lipinski definition) is 2. The fraction of sp³-hybridized carbons (Fsp3) is 0.429. The van der Waals surface area contributed by atoms with Crippen molar-refractivity contribution >= 4 is 23.1 Å². The Kier molecular flexibility index (Phi) is 5.40. The number of rotatable bonds is 6. The van der Waals surface area contributed by atoms with Crippen molar-refractivity contribution in [2.45, 2.75) is 26.8 Å². The Hall–Kier alpha value is -2.44. The molecular weight excluding hydrogens is 274 g/mol. The number of nitrogens with one attached hydrogen (secondary N) is 2. The molecule has 0 heterocycles. The van der Waals surface area contributed by atoms with Crippen LogP contribution in [0.4, 0.5) is 11.4 Å². The smallest absolute Gasteiger partial charge is 0.293 e. The van der Waals surface area contributed by atoms with Crippen molar-refractivity contribution in [1.29, 1.82) is 0 Å². The van der Waals surface area contributed by atoms with Crippen molar-refractivity contribution in [2.75, 3.05) is 12.4 Å². The quantitative estimate of drug-likeness (QED) is 0.474. The summed E-state index contributed by atoms with van der Waals surface area (Å²) in [6, 6.07) is 3.56. The molecule has 2 N–H and O–H groups in total. The molecule has 0 saturated heterocycles. The van der Waals surface area contributed by atoms with Crippen molar-refractivity contribution in [1.82, 2.24) is 5.32 Å². The molecule has 1 amide bonds. The Bertz CT molecular complexity index is 569. The molecule has 1 atom stereocenters. The van der Waals surface area contributed by atoms with Gasteiger partial charge in [0.25, 0.3) is 5.69 Å². The summed E-state index contributed by atoms with van der Waals surface area (Å²) in [7, 11) is 1.51. The van der Waals surface area contributed by atoms with Crippen LogP contribution < -0.4 is 10.6 Å². The largest absolute Gasteiger partial charge is 0.368 e. The summed E-state index contributed by atoms with van der Waals surface area (Å²) in [4.78, 5) is 33.7. The van der Waals surface area contributed by atoms with Gasteiger partial charge >= 0.3 is 0 Å². The van der Waals surface area contributed by atoms with Gasteiger partial charge in [-0.2, -0.15) is 0 Å². The molecule has 0 radical (unpaired) electrons. The van der Waals surface area contributed by atoms with Crippen LogP contribution in [0.25, 0.3) is 0 Å². The summed E-state index contributed by atoms with van der Waals surface area (Å²) in [5.74, 6) is -0.566. The number of hydrogen-bond acceptors (Lipinski definition) is 5. The summed E-state index contributed by atoms with van der Waals surface area (Å²) in [5.41, 5.74) is 0.248. The van der Waals surface area contributed by atoms with E-state index in [-0.39, 0.29) is 34.5 Å². The maximum Gasteiger partial charge on any atom is 0.293 e. The molecule has 1 aromatic carbocycles. The average molecular weight is 293 g/mol. The van der Waals surface area contributed by atoms with Gasteiger partial charge in [-0.15, -0.1) is 0 Å². The van der Waals surface area contributed by atoms with Gasteiger partial charge in [-0.05, 0) is 25.0 Å². The second-order valence-corrected chi connectivity index (χ2v) is 5.03. The molecule has 0 aliphatic rings. The first-order valence-electron chi connectivity index (χ1n) is 6.55. The highest BCUT2D eigenvalue weighted by atomic mass is 16.6. The molecule has 1 unspecified atom stereocenters. The van der Waals surface area contributed by atoms with Crippen LogP contribution in [0.3, 0.4) is 0 Å². The first-order valence-corrected chi connectivity index (χ1v) is 6.55. The maximum atomic E-state index is 11.8. The van der Waals surface area contributed by atoms with Crippen molar-refractivity contribution in [3.63, 3.8) is 0 Å². The van der Waals surface area contributed by atoms with Gasteiger partial charge in [0, 0.05) is 18.7 Å². The van der Waals surface area contributed by atoms with Crippen LogP contribution in [0, 0.1) is 16.0 Å². The van der Waals surface area contributed by atoms with Crippen LogP contribution in [0.15, 0.2) is 18.2 Å². The van der Waals surface area contributed by atoms with E-state index in [1.807, 2.05) is 13.8 Å². The molecule has 1 rings (SSSR count). The van der Waals surface area contributed by atoms with Gasteiger partial charge in [-0.1, -0.05) is 13.8 Å². The lowest BCUT2D eigenvalue weighted by Crippen LogP contribution is -2.41. The molecule has 0 spiro atoms. The van der Waals surface area contributed by atoms with E-state index >= 15 is 0 Å². The van der Waals surface area contributed by atoms with Gasteiger partial charge < -0.3 is 10.6 Å². The van der Waals surface area contributed by atoms with E-state index in [2.05, 4.69) is 10.6 Å². The third-order valence-corrected chi connectivity index (χ3v) is 3.11. The van der Waals surface area contributed by atoms with E-state index in [4.69, 9.17) is 0 Å². The summed E-state index contributed by atoms with van der Waals surface area (Å²) >= 11 is 0. The monoisotopic (exact) mass is 293 g/mol. The van der Waals surface area contributed by atoms with Gasteiger partial charge in [0.1, 0.15) is 11.7 Å². The molecule has 0 fully saturated rings. The predicted octanol–water partition coefficient (Wildman–Crippen LogP) is 1.98. The Labute approximate surface area is 122 Å². The number of Topliss-reactive ketones (excluding diaryl/α,β-unsaturated/α-hetero) is 1. The van der Waals surface area contributed by atoms with Crippen molar-refractivity contribution in [3.8, 4) is 0 Å². The number of benzene rings is 1. The van der Waals surface area contributed by atoms with Gasteiger partial charge in [-0.25, -0.2) is 0 Å².